The van der Waals surface area contributed by atoms with Crippen molar-refractivity contribution < 1.29 is 13.9 Å². The predicted molar refractivity (Wildman–Crippen MR) is 111 cm³/mol. The third-order valence-corrected chi connectivity index (χ3v) is 5.11. The highest BCUT2D eigenvalue weighted by Gasteiger charge is 2.19. The first-order valence-corrected chi connectivity index (χ1v) is 9.90. The molecule has 30 heavy (non-hydrogen) atoms. The van der Waals surface area contributed by atoms with Gasteiger partial charge < -0.3 is 9.30 Å². The molecule has 0 saturated heterocycles. The van der Waals surface area contributed by atoms with Crippen LogP contribution in [0.25, 0.3) is 16.8 Å². The Hall–Kier alpha value is -3.27. The van der Waals surface area contributed by atoms with Crippen LogP contribution in [0.2, 0.25) is 0 Å². The van der Waals surface area contributed by atoms with Gasteiger partial charge in [-0.25, -0.2) is 13.5 Å². The quantitative estimate of drug-likeness (QED) is 0.327. The van der Waals surface area contributed by atoms with Crippen LogP contribution < -0.4 is 11.1 Å². The van der Waals surface area contributed by atoms with E-state index in [1.54, 1.807) is 47.9 Å². The molecule has 8 nitrogen and oxygen atoms in total. The highest BCUT2D eigenvalue weighted by molar-refractivity contribution is 9.10. The summed E-state index contributed by atoms with van der Waals surface area (Å²) in [6, 6.07) is 11.6. The second-order valence-electron chi connectivity index (χ2n) is 6.52. The Labute approximate surface area is 177 Å². The lowest BCUT2D eigenvalue weighted by Crippen LogP contribution is -2.42. The number of imidazole rings is 1. The molecular formula is C20H16BrFN4O4. The minimum atomic E-state index is -0.946. The number of benzene rings is 2. The minimum absolute atomic E-state index is 0.0696. The van der Waals surface area contributed by atoms with E-state index in [9.17, 15) is 18.8 Å². The van der Waals surface area contributed by atoms with Crippen LogP contribution in [0.4, 0.5) is 4.39 Å². The van der Waals surface area contributed by atoms with Crippen molar-refractivity contribution in [1.82, 2.24) is 18.7 Å². The molecule has 2 aromatic carbocycles. The lowest BCUT2D eigenvalue weighted by molar-refractivity contribution is -0.144. The van der Waals surface area contributed by atoms with Gasteiger partial charge in [0.25, 0.3) is 0 Å². The monoisotopic (exact) mass is 474 g/mol. The summed E-state index contributed by atoms with van der Waals surface area (Å²) in [5.74, 6) is -0.993. The number of ether oxygens (including phenoxy) is 1. The van der Waals surface area contributed by atoms with E-state index in [4.69, 9.17) is 4.74 Å². The molecule has 0 aliphatic carbocycles. The second-order valence-corrected chi connectivity index (χ2v) is 7.43. The fourth-order valence-corrected chi connectivity index (χ4v) is 3.62. The average Bonchev–Trinajstić information content (AvgIpc) is 3.01. The molecule has 2 heterocycles. The number of fused-ring (bicyclic) bond motifs is 3. The Balaban J connectivity index is 1.97. The van der Waals surface area contributed by atoms with Gasteiger partial charge in [0.1, 0.15) is 12.4 Å². The summed E-state index contributed by atoms with van der Waals surface area (Å²) < 4.78 is 23.5. The van der Waals surface area contributed by atoms with Gasteiger partial charge in [-0.1, -0.05) is 34.1 Å². The van der Waals surface area contributed by atoms with E-state index in [2.05, 4.69) is 21.0 Å². The number of hydrogen-bond donors (Lipinski definition) is 0. The first kappa shape index (κ1) is 20.0. The third kappa shape index (κ3) is 3.43. The number of hydrogen-bond acceptors (Lipinski definition) is 5. The first-order valence-electron chi connectivity index (χ1n) is 9.11. The molecule has 0 aliphatic rings. The topological polar surface area (TPSA) is 87.6 Å². The third-order valence-electron chi connectivity index (χ3n) is 4.61. The van der Waals surface area contributed by atoms with Crippen LogP contribution in [0.1, 0.15) is 12.5 Å². The summed E-state index contributed by atoms with van der Waals surface area (Å²) in [5.41, 5.74) is -0.367. The largest absolute Gasteiger partial charge is 0.465 e. The Morgan fingerprint density at radius 2 is 1.87 bits per heavy atom. The molecule has 0 spiro atoms. The molecule has 0 saturated carbocycles. The van der Waals surface area contributed by atoms with Crippen LogP contribution in [-0.2, 0) is 22.6 Å². The maximum Gasteiger partial charge on any atom is 0.333 e. The zero-order chi connectivity index (χ0) is 21.4. The highest BCUT2D eigenvalue weighted by atomic mass is 79.9. The number of carbonyl (C=O) groups is 1. The number of rotatable bonds is 5. The van der Waals surface area contributed by atoms with Gasteiger partial charge >= 0.3 is 17.1 Å². The minimum Gasteiger partial charge on any atom is -0.465 e. The maximum absolute atomic E-state index is 14.5. The fraction of sp³-hybridized carbons (Fsp3) is 0.200. The first-order chi connectivity index (χ1) is 14.4. The fourth-order valence-electron chi connectivity index (χ4n) is 3.29. The van der Waals surface area contributed by atoms with E-state index in [1.807, 2.05) is 0 Å². The zero-order valence-corrected chi connectivity index (χ0v) is 17.4. The molecule has 4 aromatic rings. The van der Waals surface area contributed by atoms with Gasteiger partial charge in [-0.3, -0.25) is 14.4 Å². The molecule has 0 fully saturated rings. The van der Waals surface area contributed by atoms with Gasteiger partial charge in [0.2, 0.25) is 5.78 Å². The van der Waals surface area contributed by atoms with Crippen molar-refractivity contribution >= 4 is 38.7 Å². The standard InChI is InChI=1S/C20H16BrFN4O4/c1-2-30-17(27)11-25-18(28)19(29)26-16-6-4-3-5-15(16)24(20(26)23-25)10-12-7-8-13(21)9-14(12)22/h3-9H,2,10-11H2,1H3. The van der Waals surface area contributed by atoms with Gasteiger partial charge in [0, 0.05) is 10.0 Å². The highest BCUT2D eigenvalue weighted by Crippen LogP contribution is 2.22. The molecular weight excluding hydrogens is 459 g/mol. The van der Waals surface area contributed by atoms with Gasteiger partial charge in [0.05, 0.1) is 24.2 Å². The number of halogens is 2. The summed E-state index contributed by atoms with van der Waals surface area (Å²) in [6.45, 7) is 1.35. The Morgan fingerprint density at radius 3 is 2.57 bits per heavy atom. The van der Waals surface area contributed by atoms with Crippen molar-refractivity contribution in [3.8, 4) is 0 Å². The molecule has 0 bridgehead atoms. The molecule has 0 radical (unpaired) electrons. The van der Waals surface area contributed by atoms with E-state index in [-0.39, 0.29) is 18.9 Å². The van der Waals surface area contributed by atoms with E-state index < -0.39 is 29.4 Å². The molecule has 4 rings (SSSR count). The molecule has 0 N–H and O–H groups in total. The van der Waals surface area contributed by atoms with Crippen molar-refractivity contribution in [2.75, 3.05) is 6.61 Å². The summed E-state index contributed by atoms with van der Waals surface area (Å²) in [6.07, 6.45) is 0. The van der Waals surface area contributed by atoms with Crippen LogP contribution >= 0.6 is 15.9 Å². The molecule has 154 valence electrons. The van der Waals surface area contributed by atoms with Crippen LogP contribution in [0.3, 0.4) is 0 Å². The Kier molecular flexibility index (Phi) is 5.25. The van der Waals surface area contributed by atoms with Crippen molar-refractivity contribution in [1.29, 1.82) is 0 Å². The van der Waals surface area contributed by atoms with Crippen LogP contribution in [0.15, 0.2) is 56.5 Å². The number of aromatic nitrogens is 4. The molecule has 10 heteroatoms. The molecule has 0 amide bonds. The molecule has 0 unspecified atom stereocenters. The zero-order valence-electron chi connectivity index (χ0n) is 15.8. The van der Waals surface area contributed by atoms with Gasteiger partial charge in [-0.15, -0.1) is 5.10 Å². The molecule has 0 aliphatic heterocycles. The summed E-state index contributed by atoms with van der Waals surface area (Å²) in [7, 11) is 0. The van der Waals surface area contributed by atoms with E-state index in [1.165, 1.54) is 10.5 Å². The smallest absolute Gasteiger partial charge is 0.333 e. The number of esters is 1. The van der Waals surface area contributed by atoms with Crippen LogP contribution in [0, 0.1) is 5.82 Å². The van der Waals surface area contributed by atoms with Gasteiger partial charge in [-0.2, -0.15) is 0 Å². The van der Waals surface area contributed by atoms with Crippen molar-refractivity contribution in [3.05, 3.63) is 79.0 Å². The Morgan fingerprint density at radius 1 is 1.13 bits per heavy atom. The van der Waals surface area contributed by atoms with Crippen LogP contribution in [-0.4, -0.2) is 31.3 Å². The van der Waals surface area contributed by atoms with Crippen molar-refractivity contribution in [2.45, 2.75) is 20.0 Å². The lowest BCUT2D eigenvalue weighted by atomic mass is 10.2. The normalized spacial score (nSPS) is 11.3. The van der Waals surface area contributed by atoms with E-state index in [0.29, 0.717) is 21.1 Å². The Bertz CT molecular complexity index is 1410. The summed E-state index contributed by atoms with van der Waals surface area (Å²) in [4.78, 5) is 37.2. The van der Waals surface area contributed by atoms with Crippen molar-refractivity contribution in [3.63, 3.8) is 0 Å². The van der Waals surface area contributed by atoms with E-state index >= 15 is 0 Å². The summed E-state index contributed by atoms with van der Waals surface area (Å²) >= 11 is 3.23. The second kappa shape index (κ2) is 7.86. The average molecular weight is 475 g/mol. The SMILES string of the molecule is CCOC(=O)Cn1nc2n(Cc3ccc(Br)cc3F)c3ccccc3n2c(=O)c1=O. The molecule has 0 atom stereocenters. The van der Waals surface area contributed by atoms with Gasteiger partial charge in [0.15, 0.2) is 0 Å². The predicted octanol–water partition coefficient (Wildman–Crippen LogP) is 2.32. The van der Waals surface area contributed by atoms with Gasteiger partial charge in [-0.05, 0) is 31.2 Å². The number of carbonyl (C=O) groups excluding carboxylic acids is 1. The maximum atomic E-state index is 14.5. The number of para-hydroxylation sites is 2. The van der Waals surface area contributed by atoms with Crippen LogP contribution in [0.5, 0.6) is 0 Å². The number of nitrogens with zero attached hydrogens (tertiary/aromatic N) is 4. The molecule has 2 aromatic heterocycles. The van der Waals surface area contributed by atoms with E-state index in [0.717, 1.165) is 4.68 Å². The van der Waals surface area contributed by atoms with Crippen molar-refractivity contribution in [2.24, 2.45) is 0 Å². The summed E-state index contributed by atoms with van der Waals surface area (Å²) in [5, 5.41) is 4.24. The lowest BCUT2D eigenvalue weighted by Gasteiger charge is -2.09.